The van der Waals surface area contributed by atoms with Crippen LogP contribution in [0.2, 0.25) is 0 Å². The van der Waals surface area contributed by atoms with Gasteiger partial charge in [-0.1, -0.05) is 48.5 Å². The van der Waals surface area contributed by atoms with Crippen LogP contribution in [0.15, 0.2) is 66.7 Å². The number of amides is 2. The summed E-state index contributed by atoms with van der Waals surface area (Å²) in [6, 6.07) is 20.5. The molecule has 3 aromatic carbocycles. The van der Waals surface area contributed by atoms with Crippen LogP contribution in [0.4, 0.5) is 11.4 Å². The lowest BCUT2D eigenvalue weighted by atomic mass is 10.1. The Balaban J connectivity index is 1.35. The van der Waals surface area contributed by atoms with Crippen LogP contribution < -0.4 is 15.0 Å². The molecule has 32 heavy (non-hydrogen) atoms. The number of esters is 1. The van der Waals surface area contributed by atoms with Crippen LogP contribution in [0.1, 0.15) is 13.3 Å². The van der Waals surface area contributed by atoms with Gasteiger partial charge in [-0.2, -0.15) is 0 Å². The summed E-state index contributed by atoms with van der Waals surface area (Å²) in [6.45, 7) is 2.11. The van der Waals surface area contributed by atoms with E-state index in [1.807, 2.05) is 55.5 Å². The van der Waals surface area contributed by atoms with Gasteiger partial charge in [0.2, 0.25) is 5.91 Å². The van der Waals surface area contributed by atoms with E-state index in [1.165, 1.54) is 4.90 Å². The van der Waals surface area contributed by atoms with E-state index >= 15 is 0 Å². The van der Waals surface area contributed by atoms with Crippen molar-refractivity contribution >= 4 is 39.9 Å². The number of carbonyl (C=O) groups is 3. The van der Waals surface area contributed by atoms with Crippen molar-refractivity contribution < 1.29 is 23.9 Å². The molecule has 1 fully saturated rings. The normalized spacial score (nSPS) is 15.6. The first kappa shape index (κ1) is 21.4. The van der Waals surface area contributed by atoms with Crippen LogP contribution in [-0.4, -0.2) is 37.5 Å². The van der Waals surface area contributed by atoms with E-state index in [1.54, 1.807) is 18.2 Å². The number of fused-ring (bicyclic) bond motifs is 1. The largest absolute Gasteiger partial charge is 0.492 e. The van der Waals surface area contributed by atoms with Crippen LogP contribution in [0, 0.1) is 5.92 Å². The Morgan fingerprint density at radius 3 is 2.62 bits per heavy atom. The third-order valence-electron chi connectivity index (χ3n) is 5.32. The maximum Gasteiger partial charge on any atom is 0.311 e. The minimum atomic E-state index is -0.637. The maximum atomic E-state index is 12.5. The third-order valence-corrected chi connectivity index (χ3v) is 5.32. The zero-order valence-electron chi connectivity index (χ0n) is 17.7. The van der Waals surface area contributed by atoms with Crippen LogP contribution in [0.3, 0.4) is 0 Å². The van der Waals surface area contributed by atoms with Crippen molar-refractivity contribution in [2.24, 2.45) is 5.92 Å². The van der Waals surface area contributed by atoms with Gasteiger partial charge in [0.05, 0.1) is 18.2 Å². The predicted octanol–water partition coefficient (Wildman–Crippen LogP) is 3.77. The molecule has 1 aliphatic heterocycles. The maximum absolute atomic E-state index is 12.5. The van der Waals surface area contributed by atoms with E-state index in [-0.39, 0.29) is 18.9 Å². The molecule has 1 atom stereocenters. The Labute approximate surface area is 185 Å². The van der Waals surface area contributed by atoms with Gasteiger partial charge in [0.15, 0.2) is 6.61 Å². The van der Waals surface area contributed by atoms with Crippen LogP contribution in [-0.2, 0) is 19.1 Å². The molecule has 2 amide bonds. The van der Waals surface area contributed by atoms with Crippen molar-refractivity contribution in [3.63, 3.8) is 0 Å². The number of rotatable bonds is 7. The lowest BCUT2D eigenvalue weighted by molar-refractivity contribution is -0.151. The molecule has 7 nitrogen and oxygen atoms in total. The minimum absolute atomic E-state index is 0.0320. The fourth-order valence-corrected chi connectivity index (χ4v) is 3.83. The summed E-state index contributed by atoms with van der Waals surface area (Å²) in [7, 11) is 0. The quantitative estimate of drug-likeness (QED) is 0.575. The SMILES string of the molecule is CCOc1ccccc1N1C[C@@H](C(=O)OCC(=O)Nc2cccc3ccccc23)CC1=O. The van der Waals surface area contributed by atoms with Crippen molar-refractivity contribution in [2.45, 2.75) is 13.3 Å². The lowest BCUT2D eigenvalue weighted by Crippen LogP contribution is -2.28. The average molecular weight is 432 g/mol. The minimum Gasteiger partial charge on any atom is -0.492 e. The van der Waals surface area contributed by atoms with Crippen molar-refractivity contribution in [1.29, 1.82) is 0 Å². The molecule has 0 bridgehead atoms. The fraction of sp³-hybridized carbons (Fsp3) is 0.240. The first-order valence-electron chi connectivity index (χ1n) is 10.5. The molecule has 164 valence electrons. The highest BCUT2D eigenvalue weighted by atomic mass is 16.5. The van der Waals surface area contributed by atoms with E-state index in [4.69, 9.17) is 9.47 Å². The Kier molecular flexibility index (Phi) is 6.35. The predicted molar refractivity (Wildman–Crippen MR) is 122 cm³/mol. The van der Waals surface area contributed by atoms with E-state index in [0.717, 1.165) is 10.8 Å². The van der Waals surface area contributed by atoms with Gasteiger partial charge in [0, 0.05) is 24.0 Å². The molecule has 7 heteroatoms. The second-order valence-corrected chi connectivity index (χ2v) is 7.49. The number of carbonyl (C=O) groups excluding carboxylic acids is 3. The number of anilines is 2. The molecule has 4 rings (SSSR count). The molecule has 0 aromatic heterocycles. The molecular formula is C25H24N2O5. The Morgan fingerprint density at radius 1 is 1.03 bits per heavy atom. The Morgan fingerprint density at radius 2 is 1.78 bits per heavy atom. The number of benzene rings is 3. The summed E-state index contributed by atoms with van der Waals surface area (Å²) < 4.78 is 10.8. The summed E-state index contributed by atoms with van der Waals surface area (Å²) in [5, 5.41) is 4.69. The molecule has 1 aliphatic rings. The standard InChI is InChI=1S/C25H24N2O5/c1-2-31-22-13-6-5-12-21(22)27-15-18(14-24(27)29)25(30)32-16-23(28)26-20-11-7-9-17-8-3-4-10-19(17)20/h3-13,18H,2,14-16H2,1H3,(H,26,28)/t18-/m0/s1. The lowest BCUT2D eigenvalue weighted by Gasteiger charge is -2.20. The van der Waals surface area contributed by atoms with Crippen LogP contribution >= 0.6 is 0 Å². The van der Waals surface area contributed by atoms with Gasteiger partial charge in [-0.3, -0.25) is 14.4 Å². The molecule has 1 heterocycles. The van der Waals surface area contributed by atoms with Crippen LogP contribution in [0.5, 0.6) is 5.75 Å². The van der Waals surface area contributed by atoms with Crippen LogP contribution in [0.25, 0.3) is 10.8 Å². The first-order chi connectivity index (χ1) is 15.6. The van der Waals surface area contributed by atoms with Gasteiger partial charge in [-0.05, 0) is 30.5 Å². The highest BCUT2D eigenvalue weighted by molar-refractivity contribution is 6.03. The summed E-state index contributed by atoms with van der Waals surface area (Å²) in [5.74, 6) is -1.23. The van der Waals surface area contributed by atoms with Gasteiger partial charge < -0.3 is 19.7 Å². The van der Waals surface area contributed by atoms with Gasteiger partial charge in [-0.15, -0.1) is 0 Å². The summed E-state index contributed by atoms with van der Waals surface area (Å²) in [4.78, 5) is 39.0. The second kappa shape index (κ2) is 9.51. The number of para-hydroxylation sites is 2. The van der Waals surface area contributed by atoms with E-state index in [0.29, 0.717) is 23.7 Å². The van der Waals surface area contributed by atoms with Gasteiger partial charge >= 0.3 is 5.97 Å². The van der Waals surface area contributed by atoms with Gasteiger partial charge in [-0.25, -0.2) is 0 Å². The molecule has 0 radical (unpaired) electrons. The smallest absolute Gasteiger partial charge is 0.311 e. The molecule has 0 saturated carbocycles. The molecule has 0 spiro atoms. The first-order valence-corrected chi connectivity index (χ1v) is 10.5. The molecule has 0 unspecified atom stereocenters. The fourth-order valence-electron chi connectivity index (χ4n) is 3.83. The molecular weight excluding hydrogens is 408 g/mol. The topological polar surface area (TPSA) is 84.9 Å². The Hall–Kier alpha value is -3.87. The third kappa shape index (κ3) is 4.56. The summed E-state index contributed by atoms with van der Waals surface area (Å²) in [6.07, 6.45) is 0.0320. The number of ether oxygens (including phenoxy) is 2. The highest BCUT2D eigenvalue weighted by Crippen LogP contribution is 2.33. The van der Waals surface area contributed by atoms with E-state index < -0.39 is 24.4 Å². The average Bonchev–Trinajstić information content (AvgIpc) is 3.20. The number of hydrogen-bond donors (Lipinski definition) is 1. The zero-order valence-corrected chi connectivity index (χ0v) is 17.7. The molecule has 3 aromatic rings. The van der Waals surface area contributed by atoms with Crippen molar-refractivity contribution in [2.75, 3.05) is 30.0 Å². The molecule has 0 aliphatic carbocycles. The number of nitrogens with one attached hydrogen (secondary N) is 1. The monoisotopic (exact) mass is 432 g/mol. The zero-order chi connectivity index (χ0) is 22.5. The highest BCUT2D eigenvalue weighted by Gasteiger charge is 2.37. The number of nitrogens with zero attached hydrogens (tertiary/aromatic N) is 1. The molecule has 1 saturated heterocycles. The van der Waals surface area contributed by atoms with E-state index in [2.05, 4.69) is 5.32 Å². The van der Waals surface area contributed by atoms with Crippen molar-refractivity contribution in [3.05, 3.63) is 66.7 Å². The Bertz CT molecular complexity index is 1150. The van der Waals surface area contributed by atoms with E-state index in [9.17, 15) is 14.4 Å². The van der Waals surface area contributed by atoms with Crippen molar-refractivity contribution in [3.8, 4) is 5.75 Å². The summed E-state index contributed by atoms with van der Waals surface area (Å²) >= 11 is 0. The molecule has 1 N–H and O–H groups in total. The van der Waals surface area contributed by atoms with Crippen molar-refractivity contribution in [1.82, 2.24) is 0 Å². The van der Waals surface area contributed by atoms with Gasteiger partial charge in [0.1, 0.15) is 5.75 Å². The summed E-state index contributed by atoms with van der Waals surface area (Å²) in [5.41, 5.74) is 1.28. The second-order valence-electron chi connectivity index (χ2n) is 7.49. The van der Waals surface area contributed by atoms with Gasteiger partial charge in [0.25, 0.3) is 5.91 Å². The number of hydrogen-bond acceptors (Lipinski definition) is 5.